The molecule has 5 nitrogen and oxygen atoms in total. The highest BCUT2D eigenvalue weighted by atomic mass is 16.5. The summed E-state index contributed by atoms with van der Waals surface area (Å²) in [6.07, 6.45) is 0.395. The van der Waals surface area contributed by atoms with E-state index in [2.05, 4.69) is 35.6 Å². The summed E-state index contributed by atoms with van der Waals surface area (Å²) in [6.45, 7) is 7.93. The van der Waals surface area contributed by atoms with Crippen molar-refractivity contribution in [3.05, 3.63) is 40.4 Å². The highest BCUT2D eigenvalue weighted by molar-refractivity contribution is 5.77. The molecule has 1 aliphatic heterocycles. The second-order valence-corrected chi connectivity index (χ2v) is 5.86. The van der Waals surface area contributed by atoms with E-state index in [1.165, 1.54) is 0 Å². The lowest BCUT2D eigenvalue weighted by Gasteiger charge is -2.38. The summed E-state index contributed by atoms with van der Waals surface area (Å²) in [6, 6.07) is 7.51. The van der Waals surface area contributed by atoms with Crippen LogP contribution in [0.2, 0.25) is 0 Å². The van der Waals surface area contributed by atoms with Crippen LogP contribution in [0.3, 0.4) is 0 Å². The predicted octanol–water partition coefficient (Wildman–Crippen LogP) is 2.09. The average molecular weight is 287 g/mol. The van der Waals surface area contributed by atoms with Gasteiger partial charge in [-0.25, -0.2) is 4.98 Å². The maximum absolute atomic E-state index is 12.2. The second-order valence-electron chi connectivity index (χ2n) is 5.86. The molecule has 112 valence electrons. The number of para-hydroxylation sites is 1. The van der Waals surface area contributed by atoms with E-state index in [0.717, 1.165) is 24.4 Å². The van der Waals surface area contributed by atoms with E-state index in [1.54, 1.807) is 6.07 Å². The Balaban J connectivity index is 1.94. The number of morpholine rings is 1. The number of ether oxygens (including phenoxy) is 1. The molecule has 1 aliphatic rings. The van der Waals surface area contributed by atoms with E-state index in [1.807, 2.05) is 18.2 Å². The number of H-pyrrole nitrogens is 1. The molecule has 2 heterocycles. The van der Waals surface area contributed by atoms with Crippen LogP contribution in [-0.4, -0.2) is 40.2 Å². The molecule has 21 heavy (non-hydrogen) atoms. The Morgan fingerprint density at radius 3 is 2.67 bits per heavy atom. The standard InChI is InChI=1S/C16H21N3O2/c1-10-8-19(9-11(2)21-10)12(3)15-17-14-7-5-4-6-13(14)16(20)18-15/h4-7,10-12H,8-9H2,1-3H3,(H,17,18,20)/t10-,11-,12-/m1/s1. The van der Waals surface area contributed by atoms with E-state index in [9.17, 15) is 4.79 Å². The van der Waals surface area contributed by atoms with Gasteiger partial charge < -0.3 is 9.72 Å². The lowest BCUT2D eigenvalue weighted by molar-refractivity contribution is -0.0798. The van der Waals surface area contributed by atoms with Gasteiger partial charge in [-0.05, 0) is 32.9 Å². The van der Waals surface area contributed by atoms with Gasteiger partial charge in [-0.15, -0.1) is 0 Å². The number of benzene rings is 1. The summed E-state index contributed by atoms with van der Waals surface area (Å²) in [5, 5.41) is 0.636. The lowest BCUT2D eigenvalue weighted by atomic mass is 10.1. The van der Waals surface area contributed by atoms with Crippen molar-refractivity contribution in [2.45, 2.75) is 39.0 Å². The molecule has 0 bridgehead atoms. The van der Waals surface area contributed by atoms with Gasteiger partial charge in [0, 0.05) is 13.1 Å². The molecule has 3 atom stereocenters. The Bertz CT molecular complexity index is 687. The Hall–Kier alpha value is -1.72. The molecule has 0 saturated carbocycles. The molecule has 2 aromatic rings. The average Bonchev–Trinajstić information content (AvgIpc) is 2.45. The van der Waals surface area contributed by atoms with Crippen LogP contribution in [0.25, 0.3) is 10.9 Å². The zero-order valence-electron chi connectivity index (χ0n) is 12.7. The molecule has 1 aromatic heterocycles. The number of aromatic nitrogens is 2. The summed E-state index contributed by atoms with van der Waals surface area (Å²) in [5.41, 5.74) is 0.675. The maximum atomic E-state index is 12.2. The topological polar surface area (TPSA) is 58.2 Å². The third-order valence-corrected chi connectivity index (χ3v) is 4.02. The van der Waals surface area contributed by atoms with Gasteiger partial charge in [0.2, 0.25) is 0 Å². The van der Waals surface area contributed by atoms with Crippen molar-refractivity contribution in [1.29, 1.82) is 0 Å². The summed E-state index contributed by atoms with van der Waals surface area (Å²) in [7, 11) is 0. The highest BCUT2D eigenvalue weighted by Crippen LogP contribution is 2.22. The molecule has 3 rings (SSSR count). The smallest absolute Gasteiger partial charge is 0.258 e. The zero-order valence-corrected chi connectivity index (χ0v) is 12.7. The van der Waals surface area contributed by atoms with Gasteiger partial charge in [0.1, 0.15) is 5.82 Å². The molecule has 1 N–H and O–H groups in total. The molecule has 0 unspecified atom stereocenters. The fourth-order valence-electron chi connectivity index (χ4n) is 3.01. The van der Waals surface area contributed by atoms with Gasteiger partial charge in [0.05, 0.1) is 29.2 Å². The molecule has 0 radical (unpaired) electrons. The summed E-state index contributed by atoms with van der Waals surface area (Å²) >= 11 is 0. The summed E-state index contributed by atoms with van der Waals surface area (Å²) in [5.74, 6) is 0.722. The summed E-state index contributed by atoms with van der Waals surface area (Å²) < 4.78 is 5.76. The minimum absolute atomic E-state index is 0.0658. The van der Waals surface area contributed by atoms with Crippen molar-refractivity contribution in [2.24, 2.45) is 0 Å². The summed E-state index contributed by atoms with van der Waals surface area (Å²) in [4.78, 5) is 22.0. The van der Waals surface area contributed by atoms with Crippen molar-refractivity contribution in [2.75, 3.05) is 13.1 Å². The van der Waals surface area contributed by atoms with Crippen molar-refractivity contribution in [3.63, 3.8) is 0 Å². The number of fused-ring (bicyclic) bond motifs is 1. The van der Waals surface area contributed by atoms with Gasteiger partial charge in [0.25, 0.3) is 5.56 Å². The Kier molecular flexibility index (Phi) is 3.78. The Morgan fingerprint density at radius 2 is 1.95 bits per heavy atom. The lowest BCUT2D eigenvalue weighted by Crippen LogP contribution is -2.46. The van der Waals surface area contributed by atoms with Gasteiger partial charge in [-0.1, -0.05) is 12.1 Å². The number of hydrogen-bond acceptors (Lipinski definition) is 4. The SMILES string of the molecule is C[C@@H]1CN([C@H](C)c2nc3ccccc3c(=O)[nH]2)C[C@@H](C)O1. The number of hydrogen-bond donors (Lipinski definition) is 1. The first-order valence-corrected chi connectivity index (χ1v) is 7.43. The number of nitrogens with one attached hydrogen (secondary N) is 1. The number of nitrogens with zero attached hydrogens (tertiary/aromatic N) is 2. The highest BCUT2D eigenvalue weighted by Gasteiger charge is 2.27. The van der Waals surface area contributed by atoms with E-state index < -0.39 is 0 Å². The minimum Gasteiger partial charge on any atom is -0.373 e. The van der Waals surface area contributed by atoms with Gasteiger partial charge in [0.15, 0.2) is 0 Å². The second kappa shape index (κ2) is 5.58. The first-order chi connectivity index (χ1) is 10.0. The molecular weight excluding hydrogens is 266 g/mol. The van der Waals surface area contributed by atoms with Crippen LogP contribution in [0, 0.1) is 0 Å². The quantitative estimate of drug-likeness (QED) is 0.919. The third-order valence-electron chi connectivity index (χ3n) is 4.02. The van der Waals surface area contributed by atoms with Crippen LogP contribution in [0.5, 0.6) is 0 Å². The van der Waals surface area contributed by atoms with Crippen molar-refractivity contribution >= 4 is 10.9 Å². The normalized spacial score (nSPS) is 25.1. The van der Waals surface area contributed by atoms with Crippen molar-refractivity contribution < 1.29 is 4.74 Å². The zero-order chi connectivity index (χ0) is 15.0. The first kappa shape index (κ1) is 14.2. The van der Waals surface area contributed by atoms with Gasteiger partial charge in [-0.2, -0.15) is 0 Å². The Morgan fingerprint density at radius 1 is 1.29 bits per heavy atom. The van der Waals surface area contributed by atoms with E-state index in [0.29, 0.717) is 5.39 Å². The molecule has 1 fully saturated rings. The molecule has 1 saturated heterocycles. The van der Waals surface area contributed by atoms with Crippen LogP contribution in [-0.2, 0) is 4.74 Å². The molecule has 0 aliphatic carbocycles. The van der Waals surface area contributed by atoms with Gasteiger partial charge >= 0.3 is 0 Å². The Labute approximate surface area is 124 Å². The molecular formula is C16H21N3O2. The third kappa shape index (κ3) is 2.84. The fraction of sp³-hybridized carbons (Fsp3) is 0.500. The van der Waals surface area contributed by atoms with Crippen LogP contribution >= 0.6 is 0 Å². The number of aromatic amines is 1. The minimum atomic E-state index is -0.0724. The van der Waals surface area contributed by atoms with E-state index in [4.69, 9.17) is 4.74 Å². The van der Waals surface area contributed by atoms with Crippen molar-refractivity contribution in [3.8, 4) is 0 Å². The van der Waals surface area contributed by atoms with Crippen LogP contribution in [0.4, 0.5) is 0 Å². The molecule has 1 aromatic carbocycles. The van der Waals surface area contributed by atoms with Crippen LogP contribution < -0.4 is 5.56 Å². The van der Waals surface area contributed by atoms with Crippen LogP contribution in [0.1, 0.15) is 32.6 Å². The number of rotatable bonds is 2. The molecule has 5 heteroatoms. The van der Waals surface area contributed by atoms with E-state index >= 15 is 0 Å². The first-order valence-electron chi connectivity index (χ1n) is 7.43. The van der Waals surface area contributed by atoms with Crippen LogP contribution in [0.15, 0.2) is 29.1 Å². The molecule has 0 amide bonds. The fourth-order valence-corrected chi connectivity index (χ4v) is 3.01. The predicted molar refractivity (Wildman–Crippen MR) is 82.4 cm³/mol. The van der Waals surface area contributed by atoms with Crippen molar-refractivity contribution in [1.82, 2.24) is 14.9 Å². The maximum Gasteiger partial charge on any atom is 0.258 e. The van der Waals surface area contributed by atoms with E-state index in [-0.39, 0.29) is 23.8 Å². The largest absolute Gasteiger partial charge is 0.373 e. The monoisotopic (exact) mass is 287 g/mol. The van der Waals surface area contributed by atoms with Gasteiger partial charge in [-0.3, -0.25) is 9.69 Å². The molecule has 0 spiro atoms.